The molecule has 0 aromatic carbocycles. The van der Waals surface area contributed by atoms with Crippen molar-refractivity contribution in [3.05, 3.63) is 25.3 Å². The molecule has 0 N–H and O–H groups in total. The maximum atomic E-state index is 11.2. The van der Waals surface area contributed by atoms with E-state index in [0.717, 1.165) is 23.3 Å². The van der Waals surface area contributed by atoms with Crippen molar-refractivity contribution in [1.29, 1.82) is 0 Å². The molecule has 2 rings (SSSR count). The predicted molar refractivity (Wildman–Crippen MR) is 114 cm³/mol. The summed E-state index contributed by atoms with van der Waals surface area (Å²) < 4.78 is 10.7. The maximum absolute atomic E-state index is 11.2. The van der Waals surface area contributed by atoms with Gasteiger partial charge in [0.25, 0.3) is 0 Å². The molecule has 0 saturated heterocycles. The molecule has 3 unspecified atom stereocenters. The summed E-state index contributed by atoms with van der Waals surface area (Å²) in [4.78, 5) is 22.5. The molecule has 0 radical (unpaired) electrons. The first-order valence-corrected chi connectivity index (χ1v) is 12.1. The zero-order valence-electron chi connectivity index (χ0n) is 16.1. The van der Waals surface area contributed by atoms with E-state index in [1.807, 2.05) is 23.5 Å². The summed E-state index contributed by atoms with van der Waals surface area (Å²) in [7, 11) is 0. The fourth-order valence-electron chi connectivity index (χ4n) is 4.35. The van der Waals surface area contributed by atoms with Gasteiger partial charge in [0.2, 0.25) is 0 Å². The summed E-state index contributed by atoms with van der Waals surface area (Å²) in [5.41, 5.74) is 0. The van der Waals surface area contributed by atoms with Gasteiger partial charge < -0.3 is 9.47 Å². The van der Waals surface area contributed by atoms with Crippen LogP contribution in [0.25, 0.3) is 0 Å². The van der Waals surface area contributed by atoms with Crippen LogP contribution in [0.4, 0.5) is 0 Å². The van der Waals surface area contributed by atoms with Crippen molar-refractivity contribution in [3.8, 4) is 0 Å². The molecule has 0 spiro atoms. The lowest BCUT2D eigenvalue weighted by Gasteiger charge is -2.44. The van der Waals surface area contributed by atoms with Gasteiger partial charge in [-0.1, -0.05) is 45.3 Å². The Labute approximate surface area is 171 Å². The molecule has 0 amide bonds. The molecule has 0 bridgehead atoms. The van der Waals surface area contributed by atoms with Crippen molar-refractivity contribution in [2.24, 2.45) is 17.8 Å². The minimum Gasteiger partial charge on any atom is -0.462 e. The van der Waals surface area contributed by atoms with Gasteiger partial charge in [-0.05, 0) is 30.6 Å². The average Bonchev–Trinajstić information content (AvgIpc) is 2.71. The van der Waals surface area contributed by atoms with Gasteiger partial charge in [0.05, 0.1) is 4.58 Å². The molecular weight excluding hydrogens is 380 g/mol. The van der Waals surface area contributed by atoms with Crippen LogP contribution in [0.15, 0.2) is 25.3 Å². The Morgan fingerprint density at radius 3 is 2.04 bits per heavy atom. The topological polar surface area (TPSA) is 52.6 Å². The van der Waals surface area contributed by atoms with Crippen LogP contribution in [-0.2, 0) is 19.1 Å². The highest BCUT2D eigenvalue weighted by molar-refractivity contribution is 8.17. The molecule has 2 fully saturated rings. The standard InChI is InChI=1S/C21H32O4S2/c1-3-19(22)24-12-14-26-21(27-15-13-25-20(23)4-2)18-11-7-9-16-8-5-6-10-17(16)18/h3-4,16-18,21H,1-2,5-15H2. The number of hydrogen-bond donors (Lipinski definition) is 0. The van der Waals surface area contributed by atoms with E-state index >= 15 is 0 Å². The number of rotatable bonds is 11. The molecule has 4 nitrogen and oxygen atoms in total. The minimum absolute atomic E-state index is 0.360. The first-order valence-electron chi connectivity index (χ1n) is 9.97. The van der Waals surface area contributed by atoms with E-state index < -0.39 is 0 Å². The largest absolute Gasteiger partial charge is 0.462 e. The third-order valence-corrected chi connectivity index (χ3v) is 8.51. The maximum Gasteiger partial charge on any atom is 0.330 e. The molecule has 2 aliphatic rings. The van der Waals surface area contributed by atoms with Gasteiger partial charge in [0, 0.05) is 23.7 Å². The zero-order chi connectivity index (χ0) is 19.5. The SMILES string of the molecule is C=CC(=O)OCCSC(SCCOC(=O)C=C)C1CCCC2CCCCC21. The van der Waals surface area contributed by atoms with Crippen molar-refractivity contribution in [1.82, 2.24) is 0 Å². The highest BCUT2D eigenvalue weighted by Crippen LogP contribution is 2.49. The van der Waals surface area contributed by atoms with E-state index in [0.29, 0.717) is 23.7 Å². The lowest BCUT2D eigenvalue weighted by molar-refractivity contribution is -0.138. The first kappa shape index (κ1) is 22.4. The summed E-state index contributed by atoms with van der Waals surface area (Å²) in [5, 5.41) is 0. The van der Waals surface area contributed by atoms with E-state index in [1.54, 1.807) is 0 Å². The van der Waals surface area contributed by atoms with Crippen LogP contribution >= 0.6 is 23.5 Å². The second kappa shape index (κ2) is 12.6. The van der Waals surface area contributed by atoms with Crippen molar-refractivity contribution < 1.29 is 19.1 Å². The Balaban J connectivity index is 1.88. The molecule has 2 aliphatic carbocycles. The number of ether oxygens (including phenoxy) is 2. The monoisotopic (exact) mass is 412 g/mol. The van der Waals surface area contributed by atoms with Gasteiger partial charge >= 0.3 is 11.9 Å². The fourth-order valence-corrected chi connectivity index (χ4v) is 7.31. The number of carbonyl (C=O) groups excluding carboxylic acids is 2. The highest BCUT2D eigenvalue weighted by Gasteiger charge is 2.39. The summed E-state index contributed by atoms with van der Waals surface area (Å²) in [6.45, 7) is 7.69. The normalized spacial score (nSPS) is 24.7. The van der Waals surface area contributed by atoms with Crippen molar-refractivity contribution >= 4 is 35.5 Å². The van der Waals surface area contributed by atoms with Crippen LogP contribution in [-0.4, -0.2) is 41.2 Å². The Morgan fingerprint density at radius 2 is 1.44 bits per heavy atom. The van der Waals surface area contributed by atoms with Gasteiger partial charge in [-0.25, -0.2) is 9.59 Å². The molecule has 152 valence electrons. The molecule has 3 atom stereocenters. The molecule has 0 aromatic heterocycles. The molecular formula is C21H32O4S2. The molecule has 27 heavy (non-hydrogen) atoms. The Hall–Kier alpha value is -0.880. The third-order valence-electron chi connectivity index (χ3n) is 5.53. The Bertz CT molecular complexity index is 478. The van der Waals surface area contributed by atoms with Crippen molar-refractivity contribution in [2.45, 2.75) is 49.5 Å². The van der Waals surface area contributed by atoms with Crippen LogP contribution in [0.2, 0.25) is 0 Å². The van der Waals surface area contributed by atoms with E-state index in [4.69, 9.17) is 9.47 Å². The average molecular weight is 413 g/mol. The van der Waals surface area contributed by atoms with Crippen molar-refractivity contribution in [3.63, 3.8) is 0 Å². The predicted octanol–water partition coefficient (Wildman–Crippen LogP) is 4.84. The third kappa shape index (κ3) is 7.57. The number of thioether (sulfide) groups is 2. The number of carbonyl (C=O) groups is 2. The lowest BCUT2D eigenvalue weighted by Crippen LogP contribution is -2.36. The van der Waals surface area contributed by atoms with E-state index in [-0.39, 0.29) is 11.9 Å². The summed E-state index contributed by atoms with van der Waals surface area (Å²) >= 11 is 3.78. The van der Waals surface area contributed by atoms with E-state index in [9.17, 15) is 9.59 Å². The smallest absolute Gasteiger partial charge is 0.330 e. The van der Waals surface area contributed by atoms with Crippen molar-refractivity contribution in [2.75, 3.05) is 24.7 Å². The number of hydrogen-bond acceptors (Lipinski definition) is 6. The first-order chi connectivity index (χ1) is 13.2. The fraction of sp³-hybridized carbons (Fsp3) is 0.714. The quantitative estimate of drug-likeness (QED) is 0.209. The van der Waals surface area contributed by atoms with Crippen LogP contribution in [0.5, 0.6) is 0 Å². The Kier molecular flexibility index (Phi) is 10.4. The van der Waals surface area contributed by atoms with Crippen LogP contribution < -0.4 is 0 Å². The molecule has 0 aliphatic heterocycles. The van der Waals surface area contributed by atoms with Crippen LogP contribution in [0.3, 0.4) is 0 Å². The van der Waals surface area contributed by atoms with E-state index in [1.165, 1.54) is 57.1 Å². The van der Waals surface area contributed by atoms with Gasteiger partial charge in [0.1, 0.15) is 13.2 Å². The summed E-state index contributed by atoms with van der Waals surface area (Å²) in [6, 6.07) is 0. The van der Waals surface area contributed by atoms with Gasteiger partial charge in [-0.3, -0.25) is 0 Å². The second-order valence-electron chi connectivity index (χ2n) is 7.16. The second-order valence-corrected chi connectivity index (χ2v) is 9.95. The lowest BCUT2D eigenvalue weighted by atomic mass is 9.66. The van der Waals surface area contributed by atoms with Gasteiger partial charge in [0.15, 0.2) is 0 Å². The van der Waals surface area contributed by atoms with Crippen LogP contribution in [0.1, 0.15) is 44.9 Å². The van der Waals surface area contributed by atoms with Gasteiger partial charge in [-0.2, -0.15) is 0 Å². The summed E-state index contributed by atoms with van der Waals surface area (Å²) in [5.74, 6) is 3.27. The zero-order valence-corrected chi connectivity index (χ0v) is 17.7. The summed E-state index contributed by atoms with van der Waals surface area (Å²) in [6.07, 6.45) is 11.9. The Morgan fingerprint density at radius 1 is 0.889 bits per heavy atom. The highest BCUT2D eigenvalue weighted by atomic mass is 32.2. The molecule has 0 aromatic rings. The van der Waals surface area contributed by atoms with Crippen LogP contribution in [0, 0.1) is 17.8 Å². The molecule has 6 heteroatoms. The molecule has 0 heterocycles. The minimum atomic E-state index is -0.360. The molecule has 2 saturated carbocycles. The number of fused-ring (bicyclic) bond motifs is 1. The number of esters is 2. The van der Waals surface area contributed by atoms with Gasteiger partial charge in [-0.15, -0.1) is 23.5 Å². The van der Waals surface area contributed by atoms with E-state index in [2.05, 4.69) is 13.2 Å².